The van der Waals surface area contributed by atoms with Gasteiger partial charge in [-0.15, -0.1) is 22.7 Å². The minimum atomic E-state index is -0.165. The summed E-state index contributed by atoms with van der Waals surface area (Å²) in [5.74, 6) is 0.963. The van der Waals surface area contributed by atoms with Crippen LogP contribution >= 0.6 is 61.8 Å². The van der Waals surface area contributed by atoms with Gasteiger partial charge in [-0.1, -0.05) is 47.5 Å². The first kappa shape index (κ1) is 27.6. The largest absolute Gasteiger partial charge is 0.305 e. The molecule has 0 atom stereocenters. The molecular formula is C28H17BrCl2N6O2S2. The van der Waals surface area contributed by atoms with Crippen molar-refractivity contribution < 1.29 is 0 Å². The van der Waals surface area contributed by atoms with Crippen LogP contribution in [0, 0.1) is 6.92 Å². The highest BCUT2D eigenvalue weighted by Crippen LogP contribution is 2.33. The number of hydrogen-bond acceptors (Lipinski definition) is 7. The summed E-state index contributed by atoms with van der Waals surface area (Å²) in [6.45, 7) is 1.94. The van der Waals surface area contributed by atoms with E-state index in [2.05, 4.69) is 46.1 Å². The van der Waals surface area contributed by atoms with E-state index < -0.39 is 0 Å². The van der Waals surface area contributed by atoms with Crippen LogP contribution in [0.2, 0.25) is 10.0 Å². The van der Waals surface area contributed by atoms with Crippen molar-refractivity contribution in [3.05, 3.63) is 107 Å². The average molecular weight is 684 g/mol. The third kappa shape index (κ3) is 5.51. The SMILES string of the molecule is Cc1[nH]ncc1-c1cc2nc(-c3ccccc3Cl)[nH]c(=O)c2s1.O=c1[nH]c(-c2ccccc2Cl)nc2cc(Br)sc12. The van der Waals surface area contributed by atoms with Gasteiger partial charge in [-0.3, -0.25) is 14.7 Å². The molecule has 0 amide bonds. The number of rotatable bonds is 3. The van der Waals surface area contributed by atoms with Crippen molar-refractivity contribution in [2.45, 2.75) is 6.92 Å². The van der Waals surface area contributed by atoms with Crippen molar-refractivity contribution in [2.24, 2.45) is 0 Å². The number of nitrogens with one attached hydrogen (secondary N) is 3. The predicted molar refractivity (Wildman–Crippen MR) is 171 cm³/mol. The van der Waals surface area contributed by atoms with Gasteiger partial charge >= 0.3 is 0 Å². The Balaban J connectivity index is 0.000000152. The summed E-state index contributed by atoms with van der Waals surface area (Å²) in [4.78, 5) is 39.9. The molecule has 0 saturated carbocycles. The van der Waals surface area contributed by atoms with Gasteiger partial charge in [0.1, 0.15) is 21.0 Å². The molecule has 0 fully saturated rings. The number of aryl methyl sites for hydroxylation is 1. The van der Waals surface area contributed by atoms with Gasteiger partial charge in [0.15, 0.2) is 0 Å². The van der Waals surface area contributed by atoms with Gasteiger partial charge in [-0.2, -0.15) is 5.10 Å². The minimum Gasteiger partial charge on any atom is -0.305 e. The van der Waals surface area contributed by atoms with Crippen molar-refractivity contribution in [3.63, 3.8) is 0 Å². The van der Waals surface area contributed by atoms with E-state index in [1.807, 2.05) is 55.5 Å². The number of benzene rings is 2. The molecule has 0 unspecified atom stereocenters. The van der Waals surface area contributed by atoms with Crippen molar-refractivity contribution in [1.29, 1.82) is 0 Å². The third-order valence-corrected chi connectivity index (χ3v) is 9.53. The van der Waals surface area contributed by atoms with Crippen LogP contribution in [0.15, 0.2) is 80.2 Å². The first-order valence-electron chi connectivity index (χ1n) is 12.0. The van der Waals surface area contributed by atoms with Gasteiger partial charge in [-0.05, 0) is 59.3 Å². The maximum Gasteiger partial charge on any atom is 0.269 e. The lowest BCUT2D eigenvalue weighted by molar-refractivity contribution is 1.05. The van der Waals surface area contributed by atoms with Crippen LogP contribution in [0.3, 0.4) is 0 Å². The lowest BCUT2D eigenvalue weighted by Gasteiger charge is -2.02. The molecule has 13 heteroatoms. The van der Waals surface area contributed by atoms with E-state index in [4.69, 9.17) is 23.2 Å². The van der Waals surface area contributed by atoms with Crippen LogP contribution in [0.4, 0.5) is 0 Å². The summed E-state index contributed by atoms with van der Waals surface area (Å²) in [6.07, 6.45) is 1.75. The van der Waals surface area contributed by atoms with Crippen LogP contribution in [-0.4, -0.2) is 30.1 Å². The molecule has 7 rings (SSSR count). The molecule has 5 heterocycles. The van der Waals surface area contributed by atoms with Gasteiger partial charge in [-0.25, -0.2) is 9.97 Å². The topological polar surface area (TPSA) is 120 Å². The van der Waals surface area contributed by atoms with Gasteiger partial charge in [0.05, 0.1) is 31.1 Å². The quantitative estimate of drug-likeness (QED) is 0.174. The van der Waals surface area contributed by atoms with Gasteiger partial charge < -0.3 is 9.97 Å². The average Bonchev–Trinajstić information content (AvgIpc) is 3.67. The van der Waals surface area contributed by atoms with E-state index in [0.717, 1.165) is 25.5 Å². The van der Waals surface area contributed by atoms with Crippen LogP contribution in [0.1, 0.15) is 5.69 Å². The van der Waals surface area contributed by atoms with E-state index in [1.54, 1.807) is 18.3 Å². The summed E-state index contributed by atoms with van der Waals surface area (Å²) >= 11 is 18.4. The molecule has 0 saturated heterocycles. The lowest BCUT2D eigenvalue weighted by Crippen LogP contribution is -2.07. The predicted octanol–water partition coefficient (Wildman–Crippen LogP) is 8.07. The second-order valence-corrected chi connectivity index (χ2v) is 13.1. The highest BCUT2D eigenvalue weighted by molar-refractivity contribution is 9.11. The number of fused-ring (bicyclic) bond motifs is 2. The Morgan fingerprint density at radius 1 is 0.756 bits per heavy atom. The highest BCUT2D eigenvalue weighted by atomic mass is 79.9. The van der Waals surface area contributed by atoms with E-state index in [-0.39, 0.29) is 11.1 Å². The monoisotopic (exact) mass is 682 g/mol. The Morgan fingerprint density at radius 2 is 1.29 bits per heavy atom. The van der Waals surface area contributed by atoms with E-state index in [1.165, 1.54) is 22.7 Å². The fourth-order valence-corrected chi connectivity index (χ4v) is 7.07. The molecule has 8 nitrogen and oxygen atoms in total. The van der Waals surface area contributed by atoms with Crippen LogP contribution in [-0.2, 0) is 0 Å². The molecular weight excluding hydrogens is 667 g/mol. The number of nitrogens with zero attached hydrogens (tertiary/aromatic N) is 3. The first-order chi connectivity index (χ1) is 19.8. The first-order valence-corrected chi connectivity index (χ1v) is 15.2. The summed E-state index contributed by atoms with van der Waals surface area (Å²) < 4.78 is 2.08. The van der Waals surface area contributed by atoms with E-state index in [9.17, 15) is 9.59 Å². The highest BCUT2D eigenvalue weighted by Gasteiger charge is 2.15. The second-order valence-electron chi connectivity index (χ2n) is 8.79. The number of aromatic amines is 3. The van der Waals surface area contributed by atoms with E-state index in [0.29, 0.717) is 47.7 Å². The molecule has 204 valence electrons. The number of H-pyrrole nitrogens is 3. The van der Waals surface area contributed by atoms with Crippen LogP contribution < -0.4 is 11.1 Å². The molecule has 2 aromatic carbocycles. The third-order valence-electron chi connectivity index (χ3n) is 6.09. The second kappa shape index (κ2) is 11.3. The molecule has 3 N–H and O–H groups in total. The molecule has 5 aromatic heterocycles. The number of halogens is 3. The zero-order valence-electron chi connectivity index (χ0n) is 21.0. The normalized spacial score (nSPS) is 11.1. The van der Waals surface area contributed by atoms with Crippen molar-refractivity contribution in [2.75, 3.05) is 0 Å². The van der Waals surface area contributed by atoms with Crippen LogP contribution in [0.5, 0.6) is 0 Å². The smallest absolute Gasteiger partial charge is 0.269 e. The van der Waals surface area contributed by atoms with E-state index >= 15 is 0 Å². The Hall–Kier alpha value is -3.61. The van der Waals surface area contributed by atoms with Crippen molar-refractivity contribution in [1.82, 2.24) is 30.1 Å². The summed E-state index contributed by atoms with van der Waals surface area (Å²) in [5, 5.41) is 8.05. The molecule has 0 aliphatic rings. The lowest BCUT2D eigenvalue weighted by atomic mass is 10.2. The molecule has 0 aliphatic heterocycles. The Kier molecular flexibility index (Phi) is 7.62. The van der Waals surface area contributed by atoms with Gasteiger partial charge in [0, 0.05) is 27.3 Å². The molecule has 0 bridgehead atoms. The molecule has 0 radical (unpaired) electrons. The zero-order valence-corrected chi connectivity index (χ0v) is 25.7. The Labute approximate surface area is 258 Å². The maximum absolute atomic E-state index is 12.4. The van der Waals surface area contributed by atoms with Gasteiger partial charge in [0.25, 0.3) is 11.1 Å². The fraction of sp³-hybridized carbons (Fsp3) is 0.0357. The number of hydrogen-bond donors (Lipinski definition) is 3. The molecule has 41 heavy (non-hydrogen) atoms. The van der Waals surface area contributed by atoms with Crippen molar-refractivity contribution in [3.8, 4) is 33.2 Å². The van der Waals surface area contributed by atoms with Crippen molar-refractivity contribution >= 4 is 82.2 Å². The standard InChI is InChI=1S/C16H11ClN4OS.C12H6BrClN2OS/c1-8-10(7-18-21-8)13-6-12-14(23-13)16(22)20-15(19-12)9-4-2-3-5-11(9)17;13-9-5-8-10(18-9)12(17)16-11(15-8)6-3-1-2-4-7(6)14/h2-7H,1H3,(H,18,21)(H,19,20,22);1-5H,(H,15,16,17). The molecule has 0 aliphatic carbocycles. The van der Waals surface area contributed by atoms with Gasteiger partial charge in [0.2, 0.25) is 0 Å². The summed E-state index contributed by atoms with van der Waals surface area (Å²) in [6, 6.07) is 18.3. The van der Waals surface area contributed by atoms with Crippen LogP contribution in [0.25, 0.3) is 53.6 Å². The number of thiophene rings is 2. The molecule has 7 aromatic rings. The minimum absolute atomic E-state index is 0.148. The zero-order chi connectivity index (χ0) is 28.7. The Morgan fingerprint density at radius 3 is 1.83 bits per heavy atom. The number of aromatic nitrogens is 6. The maximum atomic E-state index is 12.4. The summed E-state index contributed by atoms with van der Waals surface area (Å²) in [5.41, 5.74) is 4.38. The molecule has 0 spiro atoms. The fourth-order valence-electron chi connectivity index (χ4n) is 4.14. The summed E-state index contributed by atoms with van der Waals surface area (Å²) in [7, 11) is 0. The Bertz CT molecular complexity index is 2180.